The molecule has 0 aliphatic rings. The highest BCUT2D eigenvalue weighted by Gasteiger charge is 1.79. The van der Waals surface area contributed by atoms with Crippen LogP contribution in [0.1, 0.15) is 0 Å². The molecule has 40 valence electrons. The van der Waals surface area contributed by atoms with Crippen LogP contribution < -0.4 is 11.3 Å². The number of para-hydroxylation sites is 1. The maximum Gasteiger partial charge on any atom is 0.0580 e. The molecule has 0 aliphatic heterocycles. The quantitative estimate of drug-likeness (QED) is 0.534. The van der Waals surface area contributed by atoms with Crippen molar-refractivity contribution in [1.82, 2.24) is 5.84 Å². The van der Waals surface area contributed by atoms with Crippen molar-refractivity contribution in [3.63, 3.8) is 0 Å². The lowest BCUT2D eigenvalue weighted by atomic mass is 10.3. The topological polar surface area (TPSA) is 35.8 Å². The number of hydrogen-bond acceptors (Lipinski definition) is 1. The number of nitrogens with one attached hydrogen (secondary N) is 2. The SMILES string of the molecule is [NH]Nc1[c]cccc1. The standard InChI is InChI=1S/C6H6N2/c7-8-6-4-2-1-3-5-6/h1-4,7-8H. The Hall–Kier alpha value is -1.02. The Kier molecular flexibility index (Phi) is 1.49. The van der Waals surface area contributed by atoms with Crippen molar-refractivity contribution in [1.29, 1.82) is 0 Å². The fourth-order valence-corrected chi connectivity index (χ4v) is 0.471. The molecule has 0 saturated carbocycles. The van der Waals surface area contributed by atoms with Gasteiger partial charge in [-0.2, -0.15) is 5.84 Å². The number of rotatable bonds is 1. The highest BCUT2D eigenvalue weighted by atomic mass is 15.2. The Morgan fingerprint density at radius 2 is 2.38 bits per heavy atom. The summed E-state index contributed by atoms with van der Waals surface area (Å²) in [5, 5.41) is 0. The van der Waals surface area contributed by atoms with Crippen LogP contribution in [0.5, 0.6) is 0 Å². The van der Waals surface area contributed by atoms with Crippen molar-refractivity contribution in [2.45, 2.75) is 0 Å². The Morgan fingerprint density at radius 1 is 1.50 bits per heavy atom. The van der Waals surface area contributed by atoms with Crippen molar-refractivity contribution >= 4 is 5.69 Å². The lowest BCUT2D eigenvalue weighted by molar-refractivity contribution is 1.29. The fraction of sp³-hybridized carbons (Fsp3) is 0. The van der Waals surface area contributed by atoms with E-state index in [1.807, 2.05) is 12.1 Å². The summed E-state index contributed by atoms with van der Waals surface area (Å²) in [5.74, 6) is 6.66. The van der Waals surface area contributed by atoms with E-state index in [1.54, 1.807) is 12.1 Å². The van der Waals surface area contributed by atoms with Crippen molar-refractivity contribution in [3.8, 4) is 0 Å². The van der Waals surface area contributed by atoms with Crippen LogP contribution in [-0.4, -0.2) is 0 Å². The van der Waals surface area contributed by atoms with Gasteiger partial charge in [-0.15, -0.1) is 0 Å². The second kappa shape index (κ2) is 2.33. The minimum Gasteiger partial charge on any atom is -0.306 e. The van der Waals surface area contributed by atoms with Crippen LogP contribution in [0.25, 0.3) is 0 Å². The summed E-state index contributed by atoms with van der Waals surface area (Å²) in [6.07, 6.45) is 0. The van der Waals surface area contributed by atoms with Crippen molar-refractivity contribution < 1.29 is 0 Å². The summed E-state index contributed by atoms with van der Waals surface area (Å²) in [7, 11) is 0. The zero-order valence-electron chi connectivity index (χ0n) is 4.31. The zero-order chi connectivity index (χ0) is 5.82. The molecule has 0 saturated heterocycles. The van der Waals surface area contributed by atoms with Gasteiger partial charge >= 0.3 is 0 Å². The molecule has 2 radical (unpaired) electrons. The first-order valence-electron chi connectivity index (χ1n) is 2.33. The maximum absolute atomic E-state index is 6.66. The van der Waals surface area contributed by atoms with Gasteiger partial charge in [0.05, 0.1) is 5.69 Å². The summed E-state index contributed by atoms with van der Waals surface area (Å²) in [4.78, 5) is 0. The third kappa shape index (κ3) is 0.978. The predicted molar refractivity (Wildman–Crippen MR) is 32.0 cm³/mol. The van der Waals surface area contributed by atoms with E-state index in [0.717, 1.165) is 0 Å². The van der Waals surface area contributed by atoms with Crippen molar-refractivity contribution in [3.05, 3.63) is 30.3 Å². The van der Waals surface area contributed by atoms with E-state index in [-0.39, 0.29) is 0 Å². The number of anilines is 1. The van der Waals surface area contributed by atoms with E-state index in [2.05, 4.69) is 11.5 Å². The molecule has 0 heterocycles. The summed E-state index contributed by atoms with van der Waals surface area (Å²) in [6.45, 7) is 0. The number of hydrogen-bond donors (Lipinski definition) is 1. The van der Waals surface area contributed by atoms with E-state index in [9.17, 15) is 0 Å². The molecular weight excluding hydrogens is 100 g/mol. The highest BCUT2D eigenvalue weighted by molar-refractivity contribution is 5.39. The zero-order valence-corrected chi connectivity index (χ0v) is 4.31. The first-order chi connectivity index (χ1) is 3.93. The average molecular weight is 106 g/mol. The first-order valence-corrected chi connectivity index (χ1v) is 2.33. The third-order valence-corrected chi connectivity index (χ3v) is 0.844. The van der Waals surface area contributed by atoms with Crippen LogP contribution in [0, 0.1) is 6.07 Å². The van der Waals surface area contributed by atoms with Crippen LogP contribution in [0.3, 0.4) is 0 Å². The van der Waals surface area contributed by atoms with E-state index >= 15 is 0 Å². The molecular formula is C6H6N2. The Bertz CT molecular complexity index is 148. The second-order valence-corrected chi connectivity index (χ2v) is 1.40. The molecule has 0 unspecified atom stereocenters. The van der Waals surface area contributed by atoms with Crippen LogP contribution in [0.15, 0.2) is 24.3 Å². The van der Waals surface area contributed by atoms with Crippen molar-refractivity contribution in [2.75, 3.05) is 5.43 Å². The minimum absolute atomic E-state index is 0.701. The minimum atomic E-state index is 0.701. The van der Waals surface area contributed by atoms with Gasteiger partial charge in [0.25, 0.3) is 0 Å². The third-order valence-electron chi connectivity index (χ3n) is 0.844. The first kappa shape index (κ1) is 5.12. The van der Waals surface area contributed by atoms with Gasteiger partial charge in [0.2, 0.25) is 0 Å². The van der Waals surface area contributed by atoms with Crippen LogP contribution in [-0.2, 0) is 0 Å². The summed E-state index contributed by atoms with van der Waals surface area (Å²) >= 11 is 0. The lowest BCUT2D eigenvalue weighted by Crippen LogP contribution is -1.89. The van der Waals surface area contributed by atoms with Gasteiger partial charge in [-0.1, -0.05) is 18.2 Å². The van der Waals surface area contributed by atoms with Gasteiger partial charge in [0.1, 0.15) is 0 Å². The Balaban J connectivity index is 2.83. The van der Waals surface area contributed by atoms with Gasteiger partial charge in [-0.25, -0.2) is 0 Å². The lowest BCUT2D eigenvalue weighted by Gasteiger charge is -1.91. The molecule has 2 nitrogen and oxygen atoms in total. The molecule has 0 aromatic heterocycles. The van der Waals surface area contributed by atoms with Gasteiger partial charge in [0.15, 0.2) is 0 Å². The molecule has 8 heavy (non-hydrogen) atoms. The molecule has 1 rings (SSSR count). The molecule has 0 aliphatic carbocycles. The molecule has 1 aromatic carbocycles. The Morgan fingerprint density at radius 3 is 2.75 bits per heavy atom. The molecule has 0 bridgehead atoms. The maximum atomic E-state index is 6.66. The summed E-state index contributed by atoms with van der Waals surface area (Å²) < 4.78 is 0. The van der Waals surface area contributed by atoms with E-state index in [0.29, 0.717) is 5.69 Å². The normalized spacial score (nSPS) is 8.62. The molecule has 2 heteroatoms. The predicted octanol–water partition coefficient (Wildman–Crippen LogP) is 1.10. The van der Waals surface area contributed by atoms with Gasteiger partial charge in [0, 0.05) is 6.07 Å². The van der Waals surface area contributed by atoms with E-state index in [4.69, 9.17) is 5.84 Å². The molecule has 1 aromatic rings. The summed E-state index contributed by atoms with van der Waals surface area (Å²) in [6, 6.07) is 10.1. The van der Waals surface area contributed by atoms with Crippen LogP contribution in [0.4, 0.5) is 5.69 Å². The smallest absolute Gasteiger partial charge is 0.0580 e. The van der Waals surface area contributed by atoms with Crippen LogP contribution >= 0.6 is 0 Å². The van der Waals surface area contributed by atoms with E-state index < -0.39 is 0 Å². The largest absolute Gasteiger partial charge is 0.306 e. The van der Waals surface area contributed by atoms with Crippen molar-refractivity contribution in [2.24, 2.45) is 0 Å². The molecule has 0 amide bonds. The molecule has 0 atom stereocenters. The van der Waals surface area contributed by atoms with E-state index in [1.165, 1.54) is 0 Å². The van der Waals surface area contributed by atoms with Crippen LogP contribution in [0.2, 0.25) is 0 Å². The monoisotopic (exact) mass is 106 g/mol. The molecule has 0 fully saturated rings. The van der Waals surface area contributed by atoms with Gasteiger partial charge in [-0.05, 0) is 6.07 Å². The van der Waals surface area contributed by atoms with Gasteiger partial charge < -0.3 is 5.43 Å². The molecule has 0 spiro atoms. The fourth-order valence-electron chi connectivity index (χ4n) is 0.471. The summed E-state index contributed by atoms with van der Waals surface area (Å²) in [5.41, 5.74) is 2.92. The van der Waals surface area contributed by atoms with Gasteiger partial charge in [-0.3, -0.25) is 0 Å². The number of benzene rings is 1. The Labute approximate surface area is 48.3 Å². The average Bonchev–Trinajstić information content (AvgIpc) is 1.90. The second-order valence-electron chi connectivity index (χ2n) is 1.40. The highest BCUT2D eigenvalue weighted by Crippen LogP contribution is 1.99. The molecule has 2 N–H and O–H groups in total.